The number of benzene rings is 1. The molecule has 0 bridgehead atoms. The number of hydrogen-bond donors (Lipinski definition) is 0. The van der Waals surface area contributed by atoms with Crippen molar-refractivity contribution in [3.05, 3.63) is 28.8 Å². The zero-order valence-electron chi connectivity index (χ0n) is 10.3. The first-order valence-corrected chi connectivity index (χ1v) is 7.34. The molecular weight excluding hydrogens is 300 g/mol. The van der Waals surface area contributed by atoms with E-state index in [0.717, 1.165) is 10.8 Å². The molecule has 0 N–H and O–H groups in total. The van der Waals surface area contributed by atoms with Gasteiger partial charge in [0.05, 0.1) is 7.11 Å². The average molecular weight is 318 g/mol. The lowest BCUT2D eigenvalue weighted by molar-refractivity contribution is 0.331. The summed E-state index contributed by atoms with van der Waals surface area (Å²) in [5.74, 6) is 0.815. The highest BCUT2D eigenvalue weighted by Crippen LogP contribution is 2.52. The molecule has 2 rings (SSSR count). The first-order chi connectivity index (χ1) is 8.07. The number of alkyl halides is 1. The molecule has 0 heterocycles. The van der Waals surface area contributed by atoms with Gasteiger partial charge in [-0.1, -0.05) is 53.4 Å². The predicted molar refractivity (Wildman–Crippen MR) is 76.2 cm³/mol. The summed E-state index contributed by atoms with van der Waals surface area (Å²) in [6.07, 6.45) is 5.19. The van der Waals surface area contributed by atoms with Gasteiger partial charge < -0.3 is 4.74 Å². The standard InChI is InChI=1S/C14H18BrClO/c1-14(7-3-4-8-14)13(15)11-6-5-10(17-2)9-12(11)16/h5-6,9,13H,3-4,7-8H2,1-2H3. The molecule has 1 aliphatic carbocycles. The molecule has 1 aliphatic rings. The molecule has 0 aliphatic heterocycles. The highest BCUT2D eigenvalue weighted by atomic mass is 79.9. The number of rotatable bonds is 3. The Bertz CT molecular complexity index is 399. The quantitative estimate of drug-likeness (QED) is 0.681. The first-order valence-electron chi connectivity index (χ1n) is 6.04. The zero-order chi connectivity index (χ0) is 12.5. The van der Waals surface area contributed by atoms with Crippen molar-refractivity contribution in [1.29, 1.82) is 0 Å². The van der Waals surface area contributed by atoms with Crippen molar-refractivity contribution in [1.82, 2.24) is 0 Å². The van der Waals surface area contributed by atoms with E-state index in [1.165, 1.54) is 31.2 Å². The van der Waals surface area contributed by atoms with Crippen LogP contribution in [0.2, 0.25) is 5.02 Å². The van der Waals surface area contributed by atoms with Crippen LogP contribution in [0.5, 0.6) is 5.75 Å². The Labute approximate surface area is 117 Å². The van der Waals surface area contributed by atoms with Gasteiger partial charge in [0.2, 0.25) is 0 Å². The van der Waals surface area contributed by atoms with Crippen LogP contribution in [-0.4, -0.2) is 7.11 Å². The summed E-state index contributed by atoms with van der Waals surface area (Å²) in [7, 11) is 1.66. The van der Waals surface area contributed by atoms with Gasteiger partial charge in [-0.3, -0.25) is 0 Å². The summed E-state index contributed by atoms with van der Waals surface area (Å²) in [6, 6.07) is 5.95. The average Bonchev–Trinajstić information content (AvgIpc) is 2.76. The van der Waals surface area contributed by atoms with E-state index in [1.54, 1.807) is 7.11 Å². The van der Waals surface area contributed by atoms with Gasteiger partial charge in [0, 0.05) is 9.85 Å². The number of ether oxygens (including phenoxy) is 1. The molecular formula is C14H18BrClO. The van der Waals surface area contributed by atoms with Crippen LogP contribution in [-0.2, 0) is 0 Å². The minimum Gasteiger partial charge on any atom is -0.497 e. The lowest BCUT2D eigenvalue weighted by atomic mass is 9.82. The molecule has 94 valence electrons. The van der Waals surface area contributed by atoms with E-state index in [9.17, 15) is 0 Å². The van der Waals surface area contributed by atoms with E-state index in [2.05, 4.69) is 28.9 Å². The Morgan fingerprint density at radius 1 is 1.35 bits per heavy atom. The molecule has 1 atom stereocenters. The van der Waals surface area contributed by atoms with Crippen molar-refractivity contribution >= 4 is 27.5 Å². The predicted octanol–water partition coefficient (Wildman–Crippen LogP) is 5.36. The van der Waals surface area contributed by atoms with Crippen molar-refractivity contribution in [3.63, 3.8) is 0 Å². The Kier molecular flexibility index (Phi) is 4.04. The van der Waals surface area contributed by atoms with E-state index in [0.29, 0.717) is 10.2 Å². The van der Waals surface area contributed by atoms with Crippen LogP contribution < -0.4 is 4.74 Å². The molecule has 1 fully saturated rings. The van der Waals surface area contributed by atoms with Gasteiger partial charge in [-0.2, -0.15) is 0 Å². The van der Waals surface area contributed by atoms with Gasteiger partial charge in [0.1, 0.15) is 5.75 Å². The van der Waals surface area contributed by atoms with Crippen LogP contribution in [0.15, 0.2) is 18.2 Å². The van der Waals surface area contributed by atoms with Crippen molar-refractivity contribution in [2.75, 3.05) is 7.11 Å². The second-order valence-electron chi connectivity index (χ2n) is 5.11. The highest BCUT2D eigenvalue weighted by Gasteiger charge is 2.37. The fraction of sp³-hybridized carbons (Fsp3) is 0.571. The minimum absolute atomic E-state index is 0.330. The Morgan fingerprint density at radius 2 is 2.00 bits per heavy atom. The van der Waals surface area contributed by atoms with Gasteiger partial charge in [-0.15, -0.1) is 0 Å². The monoisotopic (exact) mass is 316 g/mol. The summed E-state index contributed by atoms with van der Waals surface area (Å²) in [6.45, 7) is 2.35. The van der Waals surface area contributed by atoms with Crippen LogP contribution in [0.1, 0.15) is 43.0 Å². The molecule has 0 aromatic heterocycles. The molecule has 0 amide bonds. The summed E-state index contributed by atoms with van der Waals surface area (Å²) in [5, 5.41) is 0.791. The molecule has 1 unspecified atom stereocenters. The van der Waals surface area contributed by atoms with Gasteiger partial charge >= 0.3 is 0 Å². The minimum atomic E-state index is 0.330. The topological polar surface area (TPSA) is 9.23 Å². The maximum atomic E-state index is 6.33. The summed E-state index contributed by atoms with van der Waals surface area (Å²) < 4.78 is 5.18. The van der Waals surface area contributed by atoms with Crippen molar-refractivity contribution < 1.29 is 4.74 Å². The summed E-state index contributed by atoms with van der Waals surface area (Å²) >= 11 is 10.2. The van der Waals surface area contributed by atoms with Crippen LogP contribution in [0.25, 0.3) is 0 Å². The molecule has 3 heteroatoms. The third kappa shape index (κ3) is 2.63. The third-order valence-corrected chi connectivity index (χ3v) is 5.76. The lowest BCUT2D eigenvalue weighted by Crippen LogP contribution is -2.17. The molecule has 1 aromatic rings. The van der Waals surface area contributed by atoms with Gasteiger partial charge in [0.25, 0.3) is 0 Å². The lowest BCUT2D eigenvalue weighted by Gasteiger charge is -2.30. The number of halogens is 2. The first kappa shape index (κ1) is 13.2. The Morgan fingerprint density at radius 3 is 2.53 bits per heavy atom. The molecule has 0 spiro atoms. The Balaban J connectivity index is 2.27. The highest BCUT2D eigenvalue weighted by molar-refractivity contribution is 9.09. The molecule has 17 heavy (non-hydrogen) atoms. The van der Waals surface area contributed by atoms with Crippen LogP contribution in [0.3, 0.4) is 0 Å². The number of hydrogen-bond acceptors (Lipinski definition) is 1. The van der Waals surface area contributed by atoms with E-state index in [4.69, 9.17) is 16.3 Å². The SMILES string of the molecule is COc1ccc(C(Br)C2(C)CCCC2)c(Cl)c1. The fourth-order valence-electron chi connectivity index (χ4n) is 2.65. The molecule has 0 saturated heterocycles. The Hall–Kier alpha value is -0.210. The van der Waals surface area contributed by atoms with E-state index in [-0.39, 0.29) is 0 Å². The van der Waals surface area contributed by atoms with Crippen molar-refractivity contribution in [2.45, 2.75) is 37.4 Å². The smallest absolute Gasteiger partial charge is 0.120 e. The molecule has 0 radical (unpaired) electrons. The van der Waals surface area contributed by atoms with E-state index < -0.39 is 0 Å². The zero-order valence-corrected chi connectivity index (χ0v) is 12.6. The normalized spacial score (nSPS) is 20.2. The van der Waals surface area contributed by atoms with Crippen molar-refractivity contribution in [2.24, 2.45) is 5.41 Å². The van der Waals surface area contributed by atoms with E-state index >= 15 is 0 Å². The largest absolute Gasteiger partial charge is 0.497 e. The van der Waals surface area contributed by atoms with Gasteiger partial charge in [-0.05, 0) is 36.0 Å². The number of methoxy groups -OCH3 is 1. The van der Waals surface area contributed by atoms with Gasteiger partial charge in [0.15, 0.2) is 0 Å². The van der Waals surface area contributed by atoms with E-state index in [1.807, 2.05) is 12.1 Å². The van der Waals surface area contributed by atoms with Crippen LogP contribution >= 0.6 is 27.5 Å². The maximum Gasteiger partial charge on any atom is 0.120 e. The van der Waals surface area contributed by atoms with Crippen LogP contribution in [0, 0.1) is 5.41 Å². The molecule has 1 aromatic carbocycles. The maximum absolute atomic E-state index is 6.33. The van der Waals surface area contributed by atoms with Crippen LogP contribution in [0.4, 0.5) is 0 Å². The second kappa shape index (κ2) is 5.19. The third-order valence-electron chi connectivity index (χ3n) is 3.84. The fourth-order valence-corrected chi connectivity index (χ4v) is 3.92. The van der Waals surface area contributed by atoms with Gasteiger partial charge in [-0.25, -0.2) is 0 Å². The summed E-state index contributed by atoms with van der Waals surface area (Å²) in [4.78, 5) is 0.330. The summed E-state index contributed by atoms with van der Waals surface area (Å²) in [5.41, 5.74) is 1.51. The molecule has 1 saturated carbocycles. The second-order valence-corrected chi connectivity index (χ2v) is 6.43. The molecule has 1 nitrogen and oxygen atoms in total. The van der Waals surface area contributed by atoms with Crippen molar-refractivity contribution in [3.8, 4) is 5.75 Å².